The minimum Gasteiger partial charge on any atom is -0.359 e. The van der Waals surface area contributed by atoms with Gasteiger partial charge < -0.3 is 13.7 Å². The summed E-state index contributed by atoms with van der Waals surface area (Å²) in [4.78, 5) is 0. The Kier molecular flexibility index (Phi) is 5.78. The molecule has 4 unspecified atom stereocenters. The van der Waals surface area contributed by atoms with Gasteiger partial charge >= 0.3 is 0 Å². The van der Waals surface area contributed by atoms with Gasteiger partial charge in [-0.1, -0.05) is 14.5 Å². The van der Waals surface area contributed by atoms with Crippen molar-refractivity contribution in [1.82, 2.24) is 0 Å². The number of hydrogen-bond acceptors (Lipinski definition) is 4. The van der Waals surface area contributed by atoms with Crippen LogP contribution in [0.3, 0.4) is 0 Å². The lowest BCUT2D eigenvalue weighted by molar-refractivity contribution is -0.0906. The van der Waals surface area contributed by atoms with E-state index in [1.165, 1.54) is 7.11 Å². The van der Waals surface area contributed by atoms with Crippen molar-refractivity contribution >= 4 is 26.8 Å². The first-order valence-electron chi connectivity index (χ1n) is 6.16. The average Bonchev–Trinajstić information content (AvgIpc) is 2.64. The second-order valence-corrected chi connectivity index (χ2v) is 5.55. The van der Waals surface area contributed by atoms with Crippen LogP contribution < -0.4 is 0 Å². The lowest BCUT2D eigenvalue weighted by Crippen LogP contribution is -2.23. The maximum atomic E-state index is 13.9. The Morgan fingerprint density at radius 1 is 1.81 bits per heavy atom. The molecule has 0 aromatic heterocycles. The Labute approximate surface area is 106 Å². The zero-order chi connectivity index (χ0) is 13.5. The van der Waals surface area contributed by atoms with Gasteiger partial charge in [0, 0.05) is 18.8 Å². The van der Waals surface area contributed by atoms with E-state index in [0.29, 0.717) is 13.0 Å². The molecule has 1 fully saturated rings. The quantitative estimate of drug-likeness (QED) is 0.292. The molecule has 7 heteroatoms. The molecule has 1 radical (unpaired) electrons. The maximum Gasteiger partial charge on any atom is 0.146 e. The Morgan fingerprint density at radius 2 is 2.62 bits per heavy atom. The highest BCUT2D eigenvalue weighted by molar-refractivity contribution is 8.53. The summed E-state index contributed by atoms with van der Waals surface area (Å²) in [6.45, 7) is 2.34. The predicted octanol–water partition coefficient (Wildman–Crippen LogP) is 2.04. The first kappa shape index (κ1) is 11.7. The molecule has 0 heterocycles. The molecule has 0 bridgehead atoms. The fourth-order valence-corrected chi connectivity index (χ4v) is 2.59. The molecule has 3 nitrogen and oxygen atoms in total. The van der Waals surface area contributed by atoms with E-state index in [9.17, 15) is 4.39 Å². The van der Waals surface area contributed by atoms with E-state index in [4.69, 9.17) is 16.3 Å². The van der Waals surface area contributed by atoms with E-state index in [2.05, 4.69) is 0 Å². The normalized spacial score (nSPS) is 37.9. The summed E-state index contributed by atoms with van der Waals surface area (Å²) in [7, 11) is 1.26. The monoisotopic (exact) mass is 270 g/mol. The topological polar surface area (TPSA) is 27.7 Å². The molecule has 0 spiro atoms. The smallest absolute Gasteiger partial charge is 0.146 e. The van der Waals surface area contributed by atoms with Crippen molar-refractivity contribution in [1.29, 1.82) is 2.61 Å². The molecule has 5 atom stereocenters. The first-order chi connectivity index (χ1) is 8.60. The molecule has 0 saturated heterocycles. The van der Waals surface area contributed by atoms with Crippen LogP contribution in [0, 0.1) is 11.8 Å². The van der Waals surface area contributed by atoms with Crippen molar-refractivity contribution < 1.29 is 18.0 Å². The van der Waals surface area contributed by atoms with Gasteiger partial charge in [-0.3, -0.25) is 0 Å². The average molecular weight is 270 g/mol. The van der Waals surface area contributed by atoms with E-state index >= 15 is 0 Å². The standard InChI is InChI=1S/C9H18BFO3PS/c1-6-7(4-14-16-15-10)3-8(9(6)11)13-5-12-2/h6-10,15H,3-5H2,1-2H3/t6-,7?,8?,9?,15?/m1/s1/i10T,15D. The first-order valence-corrected chi connectivity index (χ1v) is 7.45. The van der Waals surface area contributed by atoms with Crippen LogP contribution >= 0.6 is 19.3 Å². The van der Waals surface area contributed by atoms with E-state index in [1.54, 1.807) is 0 Å². The Bertz CT molecular complexity index is 248. The Balaban J connectivity index is 2.29. The fourth-order valence-electron chi connectivity index (χ4n) is 1.93. The lowest BCUT2D eigenvalue weighted by atomic mass is 9.99. The van der Waals surface area contributed by atoms with E-state index < -0.39 is 19.9 Å². The van der Waals surface area contributed by atoms with Crippen molar-refractivity contribution in [2.45, 2.75) is 25.6 Å². The van der Waals surface area contributed by atoms with Crippen LogP contribution in [-0.2, 0) is 13.7 Å². The van der Waals surface area contributed by atoms with Gasteiger partial charge in [0.1, 0.15) is 20.5 Å². The maximum absolute atomic E-state index is 13.9. The summed E-state index contributed by atoms with van der Waals surface area (Å²) in [5.41, 5.74) is 0. The minimum atomic E-state index is -1.30. The van der Waals surface area contributed by atoms with Crippen molar-refractivity contribution in [3.05, 3.63) is 0 Å². The van der Waals surface area contributed by atoms with E-state index in [1.807, 2.05) is 6.92 Å². The Morgan fingerprint density at radius 3 is 3.31 bits per heavy atom. The third kappa shape index (κ3) is 4.15. The molecule has 0 aliphatic heterocycles. The zero-order valence-electron chi connectivity index (χ0n) is 11.5. The van der Waals surface area contributed by atoms with Crippen LogP contribution in [0.15, 0.2) is 0 Å². The van der Waals surface area contributed by atoms with Crippen LogP contribution in [0.2, 0.25) is 0 Å². The number of hydrogen-bond donors (Lipinski definition) is 0. The van der Waals surface area contributed by atoms with Crippen molar-refractivity contribution in [2.24, 2.45) is 11.8 Å². The molecule has 93 valence electrons. The van der Waals surface area contributed by atoms with E-state index in [0.717, 1.165) is 19.2 Å². The molecule has 1 aliphatic rings. The minimum absolute atomic E-state index is 0.0866. The number of alkyl halides is 1. The summed E-state index contributed by atoms with van der Waals surface area (Å²) in [6, 6.07) is 0. The van der Waals surface area contributed by atoms with E-state index in [-0.39, 0.29) is 18.6 Å². The molecule has 0 amide bonds. The van der Waals surface area contributed by atoms with Gasteiger partial charge in [0.15, 0.2) is 0 Å². The van der Waals surface area contributed by atoms with Crippen LogP contribution in [-0.4, -0.2) is 42.9 Å². The summed E-state index contributed by atoms with van der Waals surface area (Å²) in [5, 5.41) is 0. The predicted molar refractivity (Wildman–Crippen MR) is 67.9 cm³/mol. The summed E-state index contributed by atoms with van der Waals surface area (Å²) < 4.78 is 43.5. The second kappa shape index (κ2) is 7.88. The largest absolute Gasteiger partial charge is 0.359 e. The molecular weight excluding hydrogens is 249 g/mol. The fraction of sp³-hybridized carbons (Fsp3) is 1.00. The number of halogens is 1. The van der Waals surface area contributed by atoms with Gasteiger partial charge in [-0.05, 0) is 19.6 Å². The molecule has 0 aromatic carbocycles. The van der Waals surface area contributed by atoms with Crippen LogP contribution in [0.25, 0.3) is 0 Å². The summed E-state index contributed by atoms with van der Waals surface area (Å²) in [6.07, 6.45) is -0.829. The SMILES string of the molecule is [2H]P([B][3H])SOCC1CC(OCOC)C(F)[C@@H]1C. The van der Waals surface area contributed by atoms with Gasteiger partial charge in [0.25, 0.3) is 0 Å². The number of rotatable bonds is 8. The highest BCUT2D eigenvalue weighted by atomic mass is 32.7. The van der Waals surface area contributed by atoms with Crippen LogP contribution in [0.5, 0.6) is 0 Å². The lowest BCUT2D eigenvalue weighted by Gasteiger charge is -2.15. The number of ether oxygens (including phenoxy) is 2. The van der Waals surface area contributed by atoms with Gasteiger partial charge in [-0.25, -0.2) is 4.39 Å². The summed E-state index contributed by atoms with van der Waals surface area (Å²) >= 11 is 0.986. The Hall–Kier alpha value is 0.655. The third-order valence-corrected chi connectivity index (χ3v) is 3.82. The van der Waals surface area contributed by atoms with Gasteiger partial charge in [-0.15, -0.1) is 0 Å². The third-order valence-electron chi connectivity index (χ3n) is 2.91. The van der Waals surface area contributed by atoms with Crippen molar-refractivity contribution in [2.75, 3.05) is 20.5 Å². The van der Waals surface area contributed by atoms with Crippen molar-refractivity contribution in [3.8, 4) is 0 Å². The molecule has 1 rings (SSSR count). The summed E-state index contributed by atoms with van der Waals surface area (Å²) in [5.74, 6) is -0.0344. The molecular formula is C9H18BFO3PS. The van der Waals surface area contributed by atoms with Crippen LogP contribution in [0.1, 0.15) is 13.3 Å². The highest BCUT2D eigenvalue weighted by Crippen LogP contribution is 2.38. The van der Waals surface area contributed by atoms with Crippen LogP contribution in [0.4, 0.5) is 4.39 Å². The molecule has 1 aliphatic carbocycles. The highest BCUT2D eigenvalue weighted by Gasteiger charge is 2.41. The molecule has 0 N–H and O–H groups in total. The number of methoxy groups -OCH3 is 1. The molecule has 1 saturated carbocycles. The molecule has 0 aromatic rings. The van der Waals surface area contributed by atoms with Gasteiger partial charge in [-0.2, -0.15) is 0 Å². The molecule has 16 heavy (non-hydrogen) atoms. The zero-order valence-corrected chi connectivity index (χ0v) is 11.2. The van der Waals surface area contributed by atoms with Crippen molar-refractivity contribution in [3.63, 3.8) is 0 Å². The second-order valence-electron chi connectivity index (χ2n) is 3.88. The van der Waals surface area contributed by atoms with Gasteiger partial charge in [0.05, 0.1) is 14.0 Å². The van der Waals surface area contributed by atoms with Gasteiger partial charge in [0.2, 0.25) is 0 Å².